The van der Waals surface area contributed by atoms with Crippen molar-refractivity contribution in [1.82, 2.24) is 34.3 Å². The maximum atomic E-state index is 4.64. The maximum Gasteiger partial charge on any atom is 0.183 e. The van der Waals surface area contributed by atoms with Crippen molar-refractivity contribution in [2.45, 2.75) is 0 Å². The van der Waals surface area contributed by atoms with Crippen LogP contribution in [0.5, 0.6) is 0 Å². The number of pyridine rings is 1. The molecule has 4 heterocycles. The summed E-state index contributed by atoms with van der Waals surface area (Å²) < 4.78 is 3.47. The number of aromatic nitrogens is 7. The highest BCUT2D eigenvalue weighted by molar-refractivity contribution is 5.89. The first-order valence-corrected chi connectivity index (χ1v) is 7.45. The Balaban J connectivity index is 1.74. The minimum absolute atomic E-state index is 0.616. The second-order valence-corrected chi connectivity index (χ2v) is 5.32. The molecule has 7 heteroatoms. The molecule has 24 heavy (non-hydrogen) atoms. The average Bonchev–Trinajstić information content (AvgIpc) is 3.27. The van der Waals surface area contributed by atoms with Gasteiger partial charge in [0.25, 0.3) is 0 Å². The lowest BCUT2D eigenvalue weighted by molar-refractivity contribution is 0.882. The number of para-hydroxylation sites is 1. The van der Waals surface area contributed by atoms with Crippen LogP contribution in [0, 0.1) is 0 Å². The van der Waals surface area contributed by atoms with Crippen molar-refractivity contribution in [3.8, 4) is 17.1 Å². The molecule has 0 saturated carbocycles. The molecule has 0 N–H and O–H groups in total. The van der Waals surface area contributed by atoms with Gasteiger partial charge in [0.2, 0.25) is 0 Å². The van der Waals surface area contributed by atoms with Gasteiger partial charge in [-0.3, -0.25) is 4.98 Å². The van der Waals surface area contributed by atoms with Gasteiger partial charge < -0.3 is 0 Å². The summed E-state index contributed by atoms with van der Waals surface area (Å²) in [5, 5.41) is 9.79. The van der Waals surface area contributed by atoms with Crippen LogP contribution in [0.3, 0.4) is 0 Å². The van der Waals surface area contributed by atoms with E-state index in [4.69, 9.17) is 0 Å². The molecule has 0 saturated heterocycles. The number of nitrogens with zero attached hydrogens (tertiary/aromatic N) is 7. The van der Waals surface area contributed by atoms with Crippen LogP contribution in [0.4, 0.5) is 0 Å². The maximum absolute atomic E-state index is 4.64. The third kappa shape index (κ3) is 1.88. The summed E-state index contributed by atoms with van der Waals surface area (Å²) in [4.78, 5) is 13.3. The van der Waals surface area contributed by atoms with Gasteiger partial charge in [-0.05, 0) is 24.3 Å². The molecular formula is C17H11N7. The van der Waals surface area contributed by atoms with Crippen molar-refractivity contribution in [3.05, 3.63) is 67.4 Å². The Labute approximate surface area is 136 Å². The largest absolute Gasteiger partial charge is 0.264 e. The van der Waals surface area contributed by atoms with Crippen molar-refractivity contribution >= 4 is 16.7 Å². The predicted octanol–water partition coefficient (Wildman–Crippen LogP) is 2.53. The van der Waals surface area contributed by atoms with E-state index in [1.165, 1.54) is 0 Å². The third-order valence-electron chi connectivity index (χ3n) is 3.83. The Morgan fingerprint density at radius 3 is 2.62 bits per heavy atom. The monoisotopic (exact) mass is 313 g/mol. The lowest BCUT2D eigenvalue weighted by Crippen LogP contribution is -1.98. The summed E-state index contributed by atoms with van der Waals surface area (Å²) in [7, 11) is 0. The van der Waals surface area contributed by atoms with E-state index < -0.39 is 0 Å². The Morgan fingerprint density at radius 2 is 1.79 bits per heavy atom. The number of rotatable bonds is 2. The van der Waals surface area contributed by atoms with Gasteiger partial charge in [0, 0.05) is 18.0 Å². The van der Waals surface area contributed by atoms with E-state index in [9.17, 15) is 0 Å². The molecule has 1 aromatic carbocycles. The summed E-state index contributed by atoms with van der Waals surface area (Å²) in [5.41, 5.74) is 3.29. The average molecular weight is 313 g/mol. The molecule has 0 bridgehead atoms. The van der Waals surface area contributed by atoms with Crippen LogP contribution in [0.15, 0.2) is 67.4 Å². The van der Waals surface area contributed by atoms with Crippen molar-refractivity contribution in [2.75, 3.05) is 0 Å². The third-order valence-corrected chi connectivity index (χ3v) is 3.83. The van der Waals surface area contributed by atoms with Gasteiger partial charge in [-0.1, -0.05) is 18.2 Å². The molecule has 5 aromatic rings. The smallest absolute Gasteiger partial charge is 0.183 e. The van der Waals surface area contributed by atoms with Gasteiger partial charge in [-0.25, -0.2) is 19.2 Å². The molecule has 4 aromatic heterocycles. The molecule has 5 rings (SSSR count). The molecular weight excluding hydrogens is 302 g/mol. The molecule has 0 aliphatic rings. The first kappa shape index (κ1) is 12.9. The summed E-state index contributed by atoms with van der Waals surface area (Å²) in [6.45, 7) is 0. The van der Waals surface area contributed by atoms with E-state index in [1.807, 2.05) is 42.5 Å². The van der Waals surface area contributed by atoms with Gasteiger partial charge in [0.1, 0.15) is 6.33 Å². The molecule has 0 atom stereocenters. The lowest BCUT2D eigenvalue weighted by atomic mass is 10.3. The fourth-order valence-corrected chi connectivity index (χ4v) is 2.70. The number of hydrogen-bond donors (Lipinski definition) is 0. The quantitative estimate of drug-likeness (QED) is 0.500. The highest BCUT2D eigenvalue weighted by Gasteiger charge is 2.14. The van der Waals surface area contributed by atoms with Crippen LogP contribution in [-0.2, 0) is 0 Å². The van der Waals surface area contributed by atoms with Crippen molar-refractivity contribution in [1.29, 1.82) is 0 Å². The predicted molar refractivity (Wildman–Crippen MR) is 88.6 cm³/mol. The highest BCUT2D eigenvalue weighted by Crippen LogP contribution is 2.22. The van der Waals surface area contributed by atoms with Crippen LogP contribution < -0.4 is 0 Å². The van der Waals surface area contributed by atoms with Crippen LogP contribution in [-0.4, -0.2) is 34.3 Å². The molecule has 0 radical (unpaired) electrons. The summed E-state index contributed by atoms with van der Waals surface area (Å²) in [6.07, 6.45) is 6.90. The van der Waals surface area contributed by atoms with E-state index in [2.05, 4.69) is 25.1 Å². The standard InChI is InChI=1S/C17H11N7/c1-2-6-13(7-3-1)24-16-14(10-20-24)17-21-15(22-23(17)11-19-16)12-5-4-8-18-9-12/h1-11H. The van der Waals surface area contributed by atoms with Crippen LogP contribution in [0.2, 0.25) is 0 Å². The normalized spacial score (nSPS) is 11.3. The van der Waals surface area contributed by atoms with Crippen LogP contribution in [0.25, 0.3) is 33.8 Å². The molecule has 0 spiro atoms. The van der Waals surface area contributed by atoms with Gasteiger partial charge in [-0.15, -0.1) is 5.10 Å². The van der Waals surface area contributed by atoms with Crippen molar-refractivity contribution in [2.24, 2.45) is 0 Å². The second-order valence-electron chi connectivity index (χ2n) is 5.32. The van der Waals surface area contributed by atoms with E-state index in [0.717, 1.165) is 27.9 Å². The Morgan fingerprint density at radius 1 is 0.875 bits per heavy atom. The minimum atomic E-state index is 0.616. The van der Waals surface area contributed by atoms with E-state index in [1.54, 1.807) is 34.1 Å². The zero-order valence-electron chi connectivity index (χ0n) is 12.5. The molecule has 114 valence electrons. The van der Waals surface area contributed by atoms with Gasteiger partial charge in [0.05, 0.1) is 17.3 Å². The first-order valence-electron chi connectivity index (χ1n) is 7.45. The second kappa shape index (κ2) is 4.95. The van der Waals surface area contributed by atoms with E-state index in [-0.39, 0.29) is 0 Å². The SMILES string of the molecule is c1ccc(-n2ncc3c2ncn2nc(-c4cccnc4)nc32)cc1. The molecule has 7 nitrogen and oxygen atoms in total. The molecule has 0 fully saturated rings. The van der Waals surface area contributed by atoms with Gasteiger partial charge in [-0.2, -0.15) is 5.10 Å². The zero-order valence-corrected chi connectivity index (χ0v) is 12.5. The Hall–Kier alpha value is -3.61. The van der Waals surface area contributed by atoms with E-state index >= 15 is 0 Å². The van der Waals surface area contributed by atoms with Gasteiger partial charge in [0.15, 0.2) is 17.1 Å². The first-order chi connectivity index (χ1) is 11.9. The molecule has 0 amide bonds. The van der Waals surface area contributed by atoms with Gasteiger partial charge >= 0.3 is 0 Å². The zero-order chi connectivity index (χ0) is 15.9. The number of benzene rings is 1. The van der Waals surface area contributed by atoms with E-state index in [0.29, 0.717) is 5.82 Å². The Kier molecular flexibility index (Phi) is 2.66. The van der Waals surface area contributed by atoms with Crippen LogP contribution in [0.1, 0.15) is 0 Å². The van der Waals surface area contributed by atoms with Crippen LogP contribution >= 0.6 is 0 Å². The molecule has 0 unspecified atom stereocenters. The number of fused-ring (bicyclic) bond motifs is 3. The fraction of sp³-hybridized carbons (Fsp3) is 0. The molecule has 0 aliphatic carbocycles. The minimum Gasteiger partial charge on any atom is -0.264 e. The Bertz CT molecular complexity index is 1140. The topological polar surface area (TPSA) is 73.8 Å². The molecule has 0 aliphatic heterocycles. The van der Waals surface area contributed by atoms with Crippen molar-refractivity contribution in [3.63, 3.8) is 0 Å². The summed E-state index contributed by atoms with van der Waals surface area (Å²) >= 11 is 0. The highest BCUT2D eigenvalue weighted by atomic mass is 15.3. The lowest BCUT2D eigenvalue weighted by Gasteiger charge is -2.01. The fourth-order valence-electron chi connectivity index (χ4n) is 2.70. The summed E-state index contributed by atoms with van der Waals surface area (Å²) in [5.74, 6) is 0.616. The summed E-state index contributed by atoms with van der Waals surface area (Å²) in [6, 6.07) is 13.7. The van der Waals surface area contributed by atoms with Crippen molar-refractivity contribution < 1.29 is 0 Å². The number of hydrogen-bond acceptors (Lipinski definition) is 5.